The van der Waals surface area contributed by atoms with Crippen LogP contribution < -0.4 is 10.1 Å². The lowest BCUT2D eigenvalue weighted by molar-refractivity contribution is 0.0926. The third kappa shape index (κ3) is 3.92. The van der Waals surface area contributed by atoms with Gasteiger partial charge in [0.25, 0.3) is 5.91 Å². The van der Waals surface area contributed by atoms with Crippen LogP contribution in [-0.2, 0) is 6.61 Å². The molecule has 1 amide bonds. The first-order valence-corrected chi connectivity index (χ1v) is 6.16. The number of carbonyl (C=O) groups excluding carboxylic acids is 1. The number of rotatable bonds is 6. The fourth-order valence-electron chi connectivity index (χ4n) is 1.57. The summed E-state index contributed by atoms with van der Waals surface area (Å²) in [6, 6.07) is 6.04. The molecule has 2 rings (SSSR count). The molecule has 0 saturated heterocycles. The molecular formula is C15H13F2NO3. The average Bonchev–Trinajstić information content (AvgIpc) is 2.93. The number of amides is 1. The molecule has 0 aliphatic rings. The van der Waals surface area contributed by atoms with E-state index >= 15 is 0 Å². The minimum Gasteiger partial charge on any atom is -0.483 e. The molecule has 0 saturated carbocycles. The Bertz CT molecular complexity index is 652. The summed E-state index contributed by atoms with van der Waals surface area (Å²) in [6.45, 7) is 3.73. The SMILES string of the molecule is C=CCNC(=O)c1ccc(COc2ccc(F)cc2F)o1. The highest BCUT2D eigenvalue weighted by Gasteiger charge is 2.11. The number of nitrogens with one attached hydrogen (secondary N) is 1. The zero-order chi connectivity index (χ0) is 15.2. The van der Waals surface area contributed by atoms with E-state index in [9.17, 15) is 13.6 Å². The van der Waals surface area contributed by atoms with Gasteiger partial charge in [-0.2, -0.15) is 0 Å². The Morgan fingerprint density at radius 2 is 2.14 bits per heavy atom. The van der Waals surface area contributed by atoms with E-state index in [1.165, 1.54) is 12.1 Å². The molecule has 0 atom stereocenters. The Balaban J connectivity index is 1.96. The van der Waals surface area contributed by atoms with Crippen LogP contribution >= 0.6 is 0 Å². The fourth-order valence-corrected chi connectivity index (χ4v) is 1.57. The minimum absolute atomic E-state index is 0.0721. The van der Waals surface area contributed by atoms with E-state index in [0.29, 0.717) is 12.3 Å². The first-order valence-electron chi connectivity index (χ1n) is 6.16. The molecule has 0 bridgehead atoms. The summed E-state index contributed by atoms with van der Waals surface area (Å²) in [5.41, 5.74) is 0. The first kappa shape index (κ1) is 14.8. The molecule has 0 spiro atoms. The van der Waals surface area contributed by atoms with Gasteiger partial charge >= 0.3 is 0 Å². The molecule has 1 N–H and O–H groups in total. The van der Waals surface area contributed by atoms with Gasteiger partial charge in [-0.1, -0.05) is 6.08 Å². The van der Waals surface area contributed by atoms with Gasteiger partial charge in [-0.05, 0) is 24.3 Å². The lowest BCUT2D eigenvalue weighted by Crippen LogP contribution is -2.22. The van der Waals surface area contributed by atoms with Crippen LogP contribution in [0.5, 0.6) is 5.75 Å². The quantitative estimate of drug-likeness (QED) is 0.833. The van der Waals surface area contributed by atoms with Gasteiger partial charge in [-0.25, -0.2) is 8.78 Å². The molecule has 2 aromatic rings. The summed E-state index contributed by atoms with van der Waals surface area (Å²) in [4.78, 5) is 11.6. The fraction of sp³-hybridized carbons (Fsp3) is 0.133. The van der Waals surface area contributed by atoms with Crippen molar-refractivity contribution in [3.63, 3.8) is 0 Å². The molecule has 4 nitrogen and oxygen atoms in total. The van der Waals surface area contributed by atoms with E-state index in [1.807, 2.05) is 0 Å². The maximum absolute atomic E-state index is 13.4. The highest BCUT2D eigenvalue weighted by molar-refractivity contribution is 5.91. The van der Waals surface area contributed by atoms with Crippen molar-refractivity contribution in [3.8, 4) is 5.75 Å². The second kappa shape index (κ2) is 6.69. The van der Waals surface area contributed by atoms with Crippen LogP contribution in [0, 0.1) is 11.6 Å². The van der Waals surface area contributed by atoms with Crippen molar-refractivity contribution in [2.24, 2.45) is 0 Å². The lowest BCUT2D eigenvalue weighted by atomic mass is 10.3. The van der Waals surface area contributed by atoms with Gasteiger partial charge in [-0.3, -0.25) is 4.79 Å². The number of halogens is 2. The van der Waals surface area contributed by atoms with Gasteiger partial charge in [0.2, 0.25) is 0 Å². The van der Waals surface area contributed by atoms with Gasteiger partial charge in [0.05, 0.1) is 0 Å². The molecule has 1 aromatic heterocycles. The molecule has 0 aliphatic carbocycles. The van der Waals surface area contributed by atoms with Crippen molar-refractivity contribution in [1.82, 2.24) is 5.32 Å². The minimum atomic E-state index is -0.800. The van der Waals surface area contributed by atoms with Gasteiger partial charge < -0.3 is 14.5 Å². The van der Waals surface area contributed by atoms with Crippen LogP contribution in [0.15, 0.2) is 47.4 Å². The van der Waals surface area contributed by atoms with Crippen LogP contribution in [0.25, 0.3) is 0 Å². The molecule has 1 aromatic carbocycles. The van der Waals surface area contributed by atoms with E-state index in [-0.39, 0.29) is 24.0 Å². The normalized spacial score (nSPS) is 10.2. The zero-order valence-corrected chi connectivity index (χ0v) is 11.1. The third-order valence-corrected chi connectivity index (χ3v) is 2.56. The summed E-state index contributed by atoms with van der Waals surface area (Å²) in [5, 5.41) is 2.56. The molecule has 0 fully saturated rings. The molecule has 0 unspecified atom stereocenters. The Labute approximate surface area is 120 Å². The van der Waals surface area contributed by atoms with E-state index in [1.54, 1.807) is 12.1 Å². The highest BCUT2D eigenvalue weighted by Crippen LogP contribution is 2.19. The number of ether oxygens (including phenoxy) is 1. The summed E-state index contributed by atoms with van der Waals surface area (Å²) >= 11 is 0. The Morgan fingerprint density at radius 3 is 2.86 bits per heavy atom. The Kier molecular flexibility index (Phi) is 4.71. The van der Waals surface area contributed by atoms with Crippen molar-refractivity contribution in [1.29, 1.82) is 0 Å². The van der Waals surface area contributed by atoms with Crippen molar-refractivity contribution in [2.75, 3.05) is 6.54 Å². The van der Waals surface area contributed by atoms with E-state index in [0.717, 1.165) is 12.1 Å². The Morgan fingerprint density at radius 1 is 1.33 bits per heavy atom. The van der Waals surface area contributed by atoms with E-state index in [2.05, 4.69) is 11.9 Å². The van der Waals surface area contributed by atoms with Crippen LogP contribution in [0.1, 0.15) is 16.3 Å². The van der Waals surface area contributed by atoms with Gasteiger partial charge in [-0.15, -0.1) is 6.58 Å². The van der Waals surface area contributed by atoms with Crippen LogP contribution in [-0.4, -0.2) is 12.5 Å². The summed E-state index contributed by atoms with van der Waals surface area (Å²) < 4.78 is 36.5. The van der Waals surface area contributed by atoms with Crippen molar-refractivity contribution in [3.05, 3.63) is 66.1 Å². The molecular weight excluding hydrogens is 280 g/mol. The standard InChI is InChI=1S/C15H13F2NO3/c1-2-7-18-15(19)14-6-4-11(21-14)9-20-13-5-3-10(16)8-12(13)17/h2-6,8H,1,7,9H2,(H,18,19). The predicted molar refractivity (Wildman–Crippen MR) is 71.9 cm³/mol. The topological polar surface area (TPSA) is 51.5 Å². The summed E-state index contributed by atoms with van der Waals surface area (Å²) in [6.07, 6.45) is 1.54. The van der Waals surface area contributed by atoms with Gasteiger partial charge in [0.1, 0.15) is 18.2 Å². The van der Waals surface area contributed by atoms with Gasteiger partial charge in [0.15, 0.2) is 17.3 Å². The lowest BCUT2D eigenvalue weighted by Gasteiger charge is -2.05. The van der Waals surface area contributed by atoms with Crippen molar-refractivity contribution in [2.45, 2.75) is 6.61 Å². The zero-order valence-electron chi connectivity index (χ0n) is 11.1. The van der Waals surface area contributed by atoms with Crippen molar-refractivity contribution < 1.29 is 22.7 Å². The Hall–Kier alpha value is -2.63. The number of benzene rings is 1. The molecule has 0 radical (unpaired) electrons. The monoisotopic (exact) mass is 293 g/mol. The molecule has 0 aliphatic heterocycles. The van der Waals surface area contributed by atoms with Crippen LogP contribution in [0.4, 0.5) is 8.78 Å². The summed E-state index contributed by atoms with van der Waals surface area (Å²) in [7, 11) is 0. The largest absolute Gasteiger partial charge is 0.483 e. The van der Waals surface area contributed by atoms with E-state index < -0.39 is 11.6 Å². The average molecular weight is 293 g/mol. The smallest absolute Gasteiger partial charge is 0.287 e. The highest BCUT2D eigenvalue weighted by atomic mass is 19.1. The first-order chi connectivity index (χ1) is 10.1. The maximum Gasteiger partial charge on any atom is 0.287 e. The molecule has 110 valence electrons. The van der Waals surface area contributed by atoms with Gasteiger partial charge in [0, 0.05) is 12.6 Å². The molecule has 6 heteroatoms. The second-order valence-corrected chi connectivity index (χ2v) is 4.13. The third-order valence-electron chi connectivity index (χ3n) is 2.56. The number of carbonyl (C=O) groups is 1. The van der Waals surface area contributed by atoms with Crippen molar-refractivity contribution >= 4 is 5.91 Å². The predicted octanol–water partition coefficient (Wildman–Crippen LogP) is 3.05. The number of furan rings is 1. The van der Waals surface area contributed by atoms with Crippen LogP contribution in [0.2, 0.25) is 0 Å². The second-order valence-electron chi connectivity index (χ2n) is 4.13. The van der Waals surface area contributed by atoms with Crippen LogP contribution in [0.3, 0.4) is 0 Å². The van der Waals surface area contributed by atoms with E-state index in [4.69, 9.17) is 9.15 Å². The number of hydrogen-bond donors (Lipinski definition) is 1. The maximum atomic E-state index is 13.4. The molecule has 21 heavy (non-hydrogen) atoms. The summed E-state index contributed by atoms with van der Waals surface area (Å²) in [5.74, 6) is -1.48. The molecule has 1 heterocycles. The number of hydrogen-bond acceptors (Lipinski definition) is 3.